The zero-order chi connectivity index (χ0) is 21.5. The van der Waals surface area contributed by atoms with Gasteiger partial charge in [-0.3, -0.25) is 0 Å². The van der Waals surface area contributed by atoms with Crippen LogP contribution in [0, 0.1) is 5.92 Å². The van der Waals surface area contributed by atoms with Gasteiger partial charge in [-0.1, -0.05) is 30.7 Å². The van der Waals surface area contributed by atoms with E-state index in [1.165, 1.54) is 5.57 Å². The quantitative estimate of drug-likeness (QED) is 0.379. The van der Waals surface area contributed by atoms with Crippen LogP contribution in [0.15, 0.2) is 80.8 Å². The van der Waals surface area contributed by atoms with Crippen LogP contribution < -0.4 is 0 Å². The van der Waals surface area contributed by atoms with Gasteiger partial charge in [-0.05, 0) is 56.7 Å². The van der Waals surface area contributed by atoms with E-state index >= 15 is 0 Å². The molecular formula is C25H28O5. The highest BCUT2D eigenvalue weighted by atomic mass is 16.6. The number of furan rings is 2. The number of ether oxygens (including phenoxy) is 1. The molecule has 3 rings (SSSR count). The van der Waals surface area contributed by atoms with Crippen LogP contribution >= 0.6 is 0 Å². The summed E-state index contributed by atoms with van der Waals surface area (Å²) in [7, 11) is 0. The lowest BCUT2D eigenvalue weighted by molar-refractivity contribution is -0.133. The Balaban J connectivity index is 1.46. The van der Waals surface area contributed by atoms with Crippen LogP contribution in [0.4, 0.5) is 0 Å². The lowest BCUT2D eigenvalue weighted by atomic mass is 10.00. The van der Waals surface area contributed by atoms with Gasteiger partial charge in [0.2, 0.25) is 0 Å². The van der Waals surface area contributed by atoms with E-state index in [0.29, 0.717) is 0 Å². The molecule has 2 aromatic rings. The number of carbonyl (C=O) groups is 1. The van der Waals surface area contributed by atoms with Crippen molar-refractivity contribution < 1.29 is 23.5 Å². The molecule has 5 heteroatoms. The minimum atomic E-state index is -0.470. The fraction of sp³-hybridized carbons (Fsp3) is 0.320. The summed E-state index contributed by atoms with van der Waals surface area (Å²) in [5.41, 5.74) is 4.87. The van der Waals surface area contributed by atoms with Crippen LogP contribution in [0.3, 0.4) is 0 Å². The predicted octanol–water partition coefficient (Wildman–Crippen LogP) is 6.50. The SMILES string of the molecule is CC(=CC=Cc1cocc1Cc1ccoc1)CCC[C@H](C)C=C1OC(=O)C(C)=C1O. The topological polar surface area (TPSA) is 72.8 Å². The third-order valence-electron chi connectivity index (χ3n) is 5.17. The second kappa shape index (κ2) is 10.0. The Hall–Kier alpha value is -3.21. The van der Waals surface area contributed by atoms with Gasteiger partial charge < -0.3 is 18.7 Å². The Morgan fingerprint density at radius 3 is 2.77 bits per heavy atom. The van der Waals surface area contributed by atoms with Crippen molar-refractivity contribution in [2.75, 3.05) is 0 Å². The molecule has 1 atom stereocenters. The van der Waals surface area contributed by atoms with E-state index in [9.17, 15) is 9.90 Å². The monoisotopic (exact) mass is 408 g/mol. The van der Waals surface area contributed by atoms with Gasteiger partial charge in [-0.25, -0.2) is 4.79 Å². The maximum atomic E-state index is 11.5. The van der Waals surface area contributed by atoms with Gasteiger partial charge >= 0.3 is 5.97 Å². The van der Waals surface area contributed by atoms with E-state index in [4.69, 9.17) is 13.6 Å². The molecule has 0 aliphatic carbocycles. The van der Waals surface area contributed by atoms with Crippen molar-refractivity contribution in [1.82, 2.24) is 0 Å². The van der Waals surface area contributed by atoms with Crippen LogP contribution in [0.1, 0.15) is 56.7 Å². The molecule has 2 aromatic heterocycles. The fourth-order valence-electron chi connectivity index (χ4n) is 3.30. The Kier molecular flexibility index (Phi) is 7.17. The average molecular weight is 408 g/mol. The number of rotatable bonds is 9. The van der Waals surface area contributed by atoms with Crippen molar-refractivity contribution in [3.63, 3.8) is 0 Å². The first kappa shape index (κ1) is 21.5. The van der Waals surface area contributed by atoms with E-state index in [2.05, 4.69) is 26.0 Å². The summed E-state index contributed by atoms with van der Waals surface area (Å²) < 4.78 is 15.6. The normalized spacial score (nSPS) is 17.4. The van der Waals surface area contributed by atoms with Crippen LogP contribution in [-0.2, 0) is 16.0 Å². The molecule has 0 spiro atoms. The Morgan fingerprint density at radius 1 is 1.23 bits per heavy atom. The number of aliphatic hydroxyl groups excluding tert-OH is 1. The van der Waals surface area contributed by atoms with Gasteiger partial charge in [0, 0.05) is 17.5 Å². The number of cyclic esters (lactones) is 1. The number of esters is 1. The van der Waals surface area contributed by atoms with Gasteiger partial charge in [0.25, 0.3) is 0 Å². The smallest absolute Gasteiger partial charge is 0.343 e. The third kappa shape index (κ3) is 5.66. The van der Waals surface area contributed by atoms with Gasteiger partial charge in [0.1, 0.15) is 0 Å². The molecular weight excluding hydrogens is 380 g/mol. The fourth-order valence-corrected chi connectivity index (χ4v) is 3.30. The molecule has 158 valence electrons. The maximum absolute atomic E-state index is 11.5. The van der Waals surface area contributed by atoms with Gasteiger partial charge in [-0.15, -0.1) is 0 Å². The Morgan fingerprint density at radius 2 is 2.07 bits per heavy atom. The van der Waals surface area contributed by atoms with Gasteiger partial charge in [-0.2, -0.15) is 0 Å². The molecule has 0 fully saturated rings. The van der Waals surface area contributed by atoms with Crippen molar-refractivity contribution in [3.8, 4) is 0 Å². The lowest BCUT2D eigenvalue weighted by Crippen LogP contribution is -1.97. The zero-order valence-electron chi connectivity index (χ0n) is 17.7. The first-order chi connectivity index (χ1) is 14.4. The number of allylic oxidation sites excluding steroid dienone is 4. The molecule has 0 bridgehead atoms. The molecule has 0 amide bonds. The van der Waals surface area contributed by atoms with E-state index in [1.807, 2.05) is 18.2 Å². The first-order valence-corrected chi connectivity index (χ1v) is 10.2. The number of hydrogen-bond donors (Lipinski definition) is 1. The second-order valence-corrected chi connectivity index (χ2v) is 7.80. The number of aliphatic hydroxyl groups is 1. The molecule has 5 nitrogen and oxygen atoms in total. The third-order valence-corrected chi connectivity index (χ3v) is 5.17. The van der Waals surface area contributed by atoms with E-state index in [0.717, 1.165) is 42.4 Å². The van der Waals surface area contributed by atoms with E-state index in [-0.39, 0.29) is 23.0 Å². The van der Waals surface area contributed by atoms with Gasteiger partial charge in [0.15, 0.2) is 11.5 Å². The molecule has 1 aliphatic rings. The highest BCUT2D eigenvalue weighted by Gasteiger charge is 2.26. The van der Waals surface area contributed by atoms with Crippen LogP contribution in [0.25, 0.3) is 6.08 Å². The zero-order valence-corrected chi connectivity index (χ0v) is 17.7. The molecule has 30 heavy (non-hydrogen) atoms. The summed E-state index contributed by atoms with van der Waals surface area (Å²) in [4.78, 5) is 11.5. The van der Waals surface area contributed by atoms with Crippen molar-refractivity contribution in [1.29, 1.82) is 0 Å². The average Bonchev–Trinajstić information content (AvgIpc) is 3.43. The minimum absolute atomic E-state index is 0.0422. The molecule has 0 saturated carbocycles. The summed E-state index contributed by atoms with van der Waals surface area (Å²) in [5, 5.41) is 9.89. The molecule has 3 heterocycles. The summed E-state index contributed by atoms with van der Waals surface area (Å²) in [6.45, 7) is 5.74. The van der Waals surface area contributed by atoms with E-state index in [1.54, 1.807) is 32.0 Å². The highest BCUT2D eigenvalue weighted by molar-refractivity contribution is 5.93. The molecule has 1 aliphatic heterocycles. The Labute approximate surface area is 177 Å². The second-order valence-electron chi connectivity index (χ2n) is 7.80. The minimum Gasteiger partial charge on any atom is -0.504 e. The number of hydrogen-bond acceptors (Lipinski definition) is 5. The molecule has 0 radical (unpaired) electrons. The highest BCUT2D eigenvalue weighted by Crippen LogP contribution is 2.26. The standard InChI is InChI=1S/C25H28O5/c1-17(6-4-8-18(2)12-23-24(26)19(3)25(27)30-23)7-5-9-21-15-29-16-22(21)13-20-10-11-28-14-20/h5,7,9-12,14-16,18,26H,4,6,8,13H2,1-3H3/t18-/m0/s1. The van der Waals surface area contributed by atoms with Crippen molar-refractivity contribution >= 4 is 12.0 Å². The summed E-state index contributed by atoms with van der Waals surface area (Å²) in [5.74, 6) is -0.0198. The molecule has 0 saturated heterocycles. The summed E-state index contributed by atoms with van der Waals surface area (Å²) in [6.07, 6.45) is 18.7. The Bertz CT molecular complexity index is 983. The van der Waals surface area contributed by atoms with Crippen molar-refractivity contribution in [3.05, 3.63) is 88.7 Å². The molecule has 1 N–H and O–H groups in total. The predicted molar refractivity (Wildman–Crippen MR) is 116 cm³/mol. The molecule has 0 unspecified atom stereocenters. The summed E-state index contributed by atoms with van der Waals surface area (Å²) >= 11 is 0. The maximum Gasteiger partial charge on any atom is 0.343 e. The first-order valence-electron chi connectivity index (χ1n) is 10.2. The van der Waals surface area contributed by atoms with Gasteiger partial charge in [0.05, 0.1) is 30.6 Å². The lowest BCUT2D eigenvalue weighted by Gasteiger charge is -2.08. The summed E-state index contributed by atoms with van der Waals surface area (Å²) in [6, 6.07) is 1.96. The number of carbonyl (C=O) groups excluding carboxylic acids is 1. The van der Waals surface area contributed by atoms with Crippen LogP contribution in [-0.4, -0.2) is 11.1 Å². The van der Waals surface area contributed by atoms with Crippen molar-refractivity contribution in [2.45, 2.75) is 46.5 Å². The van der Waals surface area contributed by atoms with Crippen molar-refractivity contribution in [2.24, 2.45) is 5.92 Å². The molecule has 0 aromatic carbocycles. The van der Waals surface area contributed by atoms with Crippen LogP contribution in [0.5, 0.6) is 0 Å². The van der Waals surface area contributed by atoms with Crippen LogP contribution in [0.2, 0.25) is 0 Å². The van der Waals surface area contributed by atoms with E-state index < -0.39 is 5.97 Å². The largest absolute Gasteiger partial charge is 0.504 e.